The molecule has 0 atom stereocenters. The van der Waals surface area contributed by atoms with Crippen LogP contribution in [0.15, 0.2) is 29.2 Å². The minimum Gasteiger partial charge on any atom is -0.481 e. The predicted octanol–water partition coefficient (Wildman–Crippen LogP) is 3.21. The molecule has 0 radical (unpaired) electrons. The molecule has 3 heteroatoms. The lowest BCUT2D eigenvalue weighted by Gasteiger charge is -2.02. The van der Waals surface area contributed by atoms with Gasteiger partial charge < -0.3 is 5.11 Å². The molecule has 82 valence electrons. The molecule has 15 heavy (non-hydrogen) atoms. The smallest absolute Gasteiger partial charge is 0.303 e. The van der Waals surface area contributed by atoms with Gasteiger partial charge in [-0.3, -0.25) is 4.79 Å². The van der Waals surface area contributed by atoms with E-state index >= 15 is 0 Å². The van der Waals surface area contributed by atoms with Crippen molar-refractivity contribution in [3.8, 4) is 0 Å². The molecular formula is C12H16O2S. The first-order chi connectivity index (χ1) is 7.22. The van der Waals surface area contributed by atoms with Crippen LogP contribution in [0.25, 0.3) is 0 Å². The summed E-state index contributed by atoms with van der Waals surface area (Å²) in [6.07, 6.45) is 1.82. The van der Waals surface area contributed by atoms with Crippen LogP contribution < -0.4 is 0 Å². The fraction of sp³-hybridized carbons (Fsp3) is 0.417. The molecule has 0 saturated carbocycles. The number of hydrogen-bond acceptors (Lipinski definition) is 2. The third-order valence-electron chi connectivity index (χ3n) is 2.09. The van der Waals surface area contributed by atoms with Gasteiger partial charge in [0.05, 0.1) is 0 Å². The molecule has 0 spiro atoms. The zero-order valence-electron chi connectivity index (χ0n) is 8.90. The third kappa shape index (κ3) is 4.88. The van der Waals surface area contributed by atoms with Gasteiger partial charge in [-0.15, -0.1) is 11.8 Å². The van der Waals surface area contributed by atoms with Gasteiger partial charge in [-0.05, 0) is 36.3 Å². The van der Waals surface area contributed by atoms with Crippen LogP contribution in [0.2, 0.25) is 0 Å². The van der Waals surface area contributed by atoms with Gasteiger partial charge in [-0.25, -0.2) is 0 Å². The molecule has 0 aliphatic rings. The second-order valence-electron chi connectivity index (χ2n) is 3.32. The van der Waals surface area contributed by atoms with Gasteiger partial charge in [0.25, 0.3) is 0 Å². The fourth-order valence-corrected chi connectivity index (χ4v) is 2.02. The van der Waals surface area contributed by atoms with E-state index in [2.05, 4.69) is 31.2 Å². The highest BCUT2D eigenvalue weighted by Crippen LogP contribution is 2.18. The Bertz CT molecular complexity index is 306. The van der Waals surface area contributed by atoms with Crippen LogP contribution >= 0.6 is 11.8 Å². The summed E-state index contributed by atoms with van der Waals surface area (Å²) >= 11 is 1.82. The Morgan fingerprint density at radius 1 is 1.33 bits per heavy atom. The fourth-order valence-electron chi connectivity index (χ4n) is 1.36. The minimum atomic E-state index is -0.715. The molecule has 1 aromatic rings. The monoisotopic (exact) mass is 224 g/mol. The van der Waals surface area contributed by atoms with E-state index in [1.54, 1.807) is 0 Å². The molecule has 0 fully saturated rings. The summed E-state index contributed by atoms with van der Waals surface area (Å²) in [5, 5.41) is 8.50. The molecule has 0 saturated heterocycles. The van der Waals surface area contributed by atoms with Crippen LogP contribution in [-0.4, -0.2) is 16.8 Å². The van der Waals surface area contributed by atoms with Crippen LogP contribution in [-0.2, 0) is 11.2 Å². The number of carboxylic acid groups (broad SMARTS) is 1. The second kappa shape index (κ2) is 6.51. The first-order valence-corrected chi connectivity index (χ1v) is 6.14. The van der Waals surface area contributed by atoms with E-state index in [4.69, 9.17) is 5.11 Å². The van der Waals surface area contributed by atoms with E-state index in [9.17, 15) is 4.79 Å². The summed E-state index contributed by atoms with van der Waals surface area (Å²) in [4.78, 5) is 11.6. The highest BCUT2D eigenvalue weighted by atomic mass is 32.2. The van der Waals surface area contributed by atoms with Gasteiger partial charge in [-0.2, -0.15) is 0 Å². The highest BCUT2D eigenvalue weighted by molar-refractivity contribution is 7.99. The largest absolute Gasteiger partial charge is 0.481 e. The molecule has 1 rings (SSSR count). The van der Waals surface area contributed by atoms with Crippen molar-refractivity contribution in [3.63, 3.8) is 0 Å². The topological polar surface area (TPSA) is 37.3 Å². The Hall–Kier alpha value is -0.960. The average molecular weight is 224 g/mol. The zero-order valence-corrected chi connectivity index (χ0v) is 9.72. The number of benzene rings is 1. The normalized spacial score (nSPS) is 10.2. The summed E-state index contributed by atoms with van der Waals surface area (Å²) in [7, 11) is 0. The summed E-state index contributed by atoms with van der Waals surface area (Å²) in [6, 6.07) is 8.37. The van der Waals surface area contributed by atoms with Gasteiger partial charge in [0, 0.05) is 11.3 Å². The maximum atomic E-state index is 10.3. The minimum absolute atomic E-state index is 0.255. The number of thioether (sulfide) groups is 1. The lowest BCUT2D eigenvalue weighted by molar-refractivity contribution is -0.137. The van der Waals surface area contributed by atoms with Crippen molar-refractivity contribution >= 4 is 17.7 Å². The van der Waals surface area contributed by atoms with Gasteiger partial charge in [0.15, 0.2) is 0 Å². The molecule has 0 aliphatic heterocycles. The molecule has 0 amide bonds. The van der Waals surface area contributed by atoms with E-state index in [-0.39, 0.29) is 6.42 Å². The Kier molecular flexibility index (Phi) is 5.26. The molecule has 0 unspecified atom stereocenters. The maximum Gasteiger partial charge on any atom is 0.303 e. The number of aliphatic carboxylic acids is 1. The number of aryl methyl sites for hydroxylation is 1. The van der Waals surface area contributed by atoms with E-state index < -0.39 is 5.97 Å². The van der Waals surface area contributed by atoms with Gasteiger partial charge >= 0.3 is 5.97 Å². The Labute approximate surface area is 94.7 Å². The summed E-state index contributed by atoms with van der Waals surface area (Å²) in [5.74, 6) is 0.367. The summed E-state index contributed by atoms with van der Waals surface area (Å²) < 4.78 is 0. The zero-order chi connectivity index (χ0) is 11.1. The highest BCUT2D eigenvalue weighted by Gasteiger charge is 1.98. The van der Waals surface area contributed by atoms with Crippen molar-refractivity contribution in [2.75, 3.05) is 5.75 Å². The number of rotatable bonds is 6. The van der Waals surface area contributed by atoms with Crippen molar-refractivity contribution in [1.29, 1.82) is 0 Å². The number of carboxylic acids is 1. The number of hydrogen-bond donors (Lipinski definition) is 1. The molecule has 1 aromatic carbocycles. The lowest BCUT2D eigenvalue weighted by Crippen LogP contribution is -1.95. The van der Waals surface area contributed by atoms with E-state index in [0.717, 1.165) is 18.6 Å². The molecule has 2 nitrogen and oxygen atoms in total. The van der Waals surface area contributed by atoms with Crippen molar-refractivity contribution < 1.29 is 9.90 Å². The number of carbonyl (C=O) groups is 1. The summed E-state index contributed by atoms with van der Waals surface area (Å²) in [5.41, 5.74) is 1.22. The van der Waals surface area contributed by atoms with Crippen molar-refractivity contribution in [1.82, 2.24) is 0 Å². The van der Waals surface area contributed by atoms with Crippen LogP contribution in [0.3, 0.4) is 0 Å². The van der Waals surface area contributed by atoms with Crippen LogP contribution in [0.5, 0.6) is 0 Å². The molecule has 0 bridgehead atoms. The Balaban J connectivity index is 2.39. The van der Waals surface area contributed by atoms with E-state index in [0.29, 0.717) is 0 Å². The Morgan fingerprint density at radius 2 is 2.00 bits per heavy atom. The third-order valence-corrected chi connectivity index (χ3v) is 2.98. The van der Waals surface area contributed by atoms with Crippen molar-refractivity contribution in [2.24, 2.45) is 0 Å². The second-order valence-corrected chi connectivity index (χ2v) is 4.66. The maximum absolute atomic E-state index is 10.3. The molecule has 1 N–H and O–H groups in total. The van der Waals surface area contributed by atoms with Crippen LogP contribution in [0.4, 0.5) is 0 Å². The van der Waals surface area contributed by atoms with Gasteiger partial charge in [0.2, 0.25) is 0 Å². The van der Waals surface area contributed by atoms with Gasteiger partial charge in [0.1, 0.15) is 0 Å². The average Bonchev–Trinajstić information content (AvgIpc) is 2.20. The van der Waals surface area contributed by atoms with Crippen LogP contribution in [0, 0.1) is 0 Å². The molecule has 0 aliphatic carbocycles. The predicted molar refractivity (Wildman–Crippen MR) is 63.4 cm³/mol. The lowest BCUT2D eigenvalue weighted by atomic mass is 10.1. The SMILES string of the molecule is CCSc1ccc(CCCC(=O)O)cc1. The van der Waals surface area contributed by atoms with Crippen LogP contribution in [0.1, 0.15) is 25.3 Å². The van der Waals surface area contributed by atoms with E-state index in [1.807, 2.05) is 11.8 Å². The van der Waals surface area contributed by atoms with Gasteiger partial charge in [-0.1, -0.05) is 19.1 Å². The quantitative estimate of drug-likeness (QED) is 0.754. The standard InChI is InChI=1S/C12H16O2S/c1-2-15-11-8-6-10(7-9-11)4-3-5-12(13)14/h6-9H,2-5H2,1H3,(H,13,14). The molecule has 0 heterocycles. The summed E-state index contributed by atoms with van der Waals surface area (Å²) in [6.45, 7) is 2.13. The molecule has 0 aromatic heterocycles. The first kappa shape index (κ1) is 12.1. The first-order valence-electron chi connectivity index (χ1n) is 5.16. The molecular weight excluding hydrogens is 208 g/mol. The van der Waals surface area contributed by atoms with Crippen molar-refractivity contribution in [2.45, 2.75) is 31.1 Å². The van der Waals surface area contributed by atoms with Crippen molar-refractivity contribution in [3.05, 3.63) is 29.8 Å². The van der Waals surface area contributed by atoms with E-state index in [1.165, 1.54) is 10.5 Å². The Morgan fingerprint density at radius 3 is 2.53 bits per heavy atom.